The minimum atomic E-state index is 0.0661. The first kappa shape index (κ1) is 15.1. The second-order valence-electron chi connectivity index (χ2n) is 7.25. The number of nitrogens with zero attached hydrogens (tertiary/aromatic N) is 1. The summed E-state index contributed by atoms with van der Waals surface area (Å²) in [4.78, 5) is 11.1. The molecule has 0 bridgehead atoms. The Balaban J connectivity index is 1.92. The summed E-state index contributed by atoms with van der Waals surface area (Å²) in [5.74, 6) is 1.30. The third kappa shape index (κ3) is 2.23. The molecule has 3 heteroatoms. The number of para-hydroxylation sites is 1. The lowest BCUT2D eigenvalue weighted by Crippen LogP contribution is -2.21. The van der Waals surface area contributed by atoms with E-state index < -0.39 is 0 Å². The number of amides is 1. The molecule has 1 N–H and O–H groups in total. The van der Waals surface area contributed by atoms with Crippen molar-refractivity contribution in [3.63, 3.8) is 0 Å². The zero-order valence-corrected chi connectivity index (χ0v) is 14.2. The summed E-state index contributed by atoms with van der Waals surface area (Å²) < 4.78 is 2.31. The molecule has 1 aliphatic rings. The van der Waals surface area contributed by atoms with Crippen LogP contribution in [0.1, 0.15) is 44.4 Å². The molecule has 2 atom stereocenters. The highest BCUT2D eigenvalue weighted by Gasteiger charge is 2.58. The second-order valence-corrected chi connectivity index (χ2v) is 7.25. The molecule has 3 nitrogen and oxygen atoms in total. The van der Waals surface area contributed by atoms with Crippen LogP contribution in [0.4, 0.5) is 0 Å². The zero-order chi connectivity index (χ0) is 16.1. The van der Waals surface area contributed by atoms with Gasteiger partial charge < -0.3 is 9.88 Å². The number of aromatic nitrogens is 1. The molecule has 1 aromatic carbocycles. The maximum absolute atomic E-state index is 11.1. The maximum atomic E-state index is 11.1. The van der Waals surface area contributed by atoms with E-state index in [-0.39, 0.29) is 5.91 Å². The third-order valence-electron chi connectivity index (χ3n) is 5.64. The number of carbonyl (C=O) groups excluding carboxylic acids is 1. The highest BCUT2D eigenvalue weighted by Crippen LogP contribution is 2.67. The van der Waals surface area contributed by atoms with Crippen molar-refractivity contribution in [1.29, 1.82) is 0 Å². The molecular formula is C19H26N2O. The minimum absolute atomic E-state index is 0.0661. The van der Waals surface area contributed by atoms with Crippen LogP contribution in [0.2, 0.25) is 0 Å². The van der Waals surface area contributed by atoms with Crippen molar-refractivity contribution in [2.75, 3.05) is 6.54 Å². The second kappa shape index (κ2) is 5.15. The van der Waals surface area contributed by atoms with E-state index in [0.717, 1.165) is 13.0 Å². The average molecular weight is 298 g/mol. The van der Waals surface area contributed by atoms with Gasteiger partial charge in [-0.05, 0) is 42.2 Å². The van der Waals surface area contributed by atoms with Gasteiger partial charge in [-0.2, -0.15) is 0 Å². The standard InChI is InChI=1S/C19H26N2O/c1-12-17(14-8-6-7-9-16(14)21(12)5)18-15(19(18,3)4)10-11-20-13(2)22/h6-9,15,18H,10-11H2,1-5H3,(H,20,22). The normalized spacial score (nSPS) is 22.8. The molecular weight excluding hydrogens is 272 g/mol. The van der Waals surface area contributed by atoms with Crippen LogP contribution in [-0.2, 0) is 11.8 Å². The number of hydrogen-bond donors (Lipinski definition) is 1. The van der Waals surface area contributed by atoms with Gasteiger partial charge in [0.25, 0.3) is 0 Å². The van der Waals surface area contributed by atoms with Crippen molar-refractivity contribution < 1.29 is 4.79 Å². The van der Waals surface area contributed by atoms with Crippen LogP contribution in [0.5, 0.6) is 0 Å². The molecule has 1 saturated carbocycles. The molecule has 1 amide bonds. The van der Waals surface area contributed by atoms with E-state index in [1.165, 1.54) is 22.2 Å². The van der Waals surface area contributed by atoms with Crippen molar-refractivity contribution in [3.8, 4) is 0 Å². The molecule has 1 aliphatic carbocycles. The fourth-order valence-electron chi connectivity index (χ4n) is 4.20. The Morgan fingerprint density at radius 1 is 1.32 bits per heavy atom. The van der Waals surface area contributed by atoms with E-state index in [4.69, 9.17) is 0 Å². The molecule has 22 heavy (non-hydrogen) atoms. The summed E-state index contributed by atoms with van der Waals surface area (Å²) in [6.45, 7) is 9.32. The number of carbonyl (C=O) groups is 1. The topological polar surface area (TPSA) is 34.0 Å². The zero-order valence-electron chi connectivity index (χ0n) is 14.2. The molecule has 0 radical (unpaired) electrons. The van der Waals surface area contributed by atoms with Crippen LogP contribution in [0.3, 0.4) is 0 Å². The monoisotopic (exact) mass is 298 g/mol. The smallest absolute Gasteiger partial charge is 0.216 e. The van der Waals surface area contributed by atoms with Crippen LogP contribution in [0.25, 0.3) is 10.9 Å². The predicted molar refractivity (Wildman–Crippen MR) is 91.0 cm³/mol. The molecule has 1 heterocycles. The number of rotatable bonds is 4. The molecule has 3 rings (SSSR count). The van der Waals surface area contributed by atoms with Crippen molar-refractivity contribution in [1.82, 2.24) is 9.88 Å². The van der Waals surface area contributed by atoms with Gasteiger partial charge in [-0.1, -0.05) is 32.0 Å². The number of aryl methyl sites for hydroxylation is 1. The summed E-state index contributed by atoms with van der Waals surface area (Å²) >= 11 is 0. The Morgan fingerprint density at radius 3 is 2.68 bits per heavy atom. The lowest BCUT2D eigenvalue weighted by molar-refractivity contribution is -0.118. The molecule has 2 aromatic rings. The van der Waals surface area contributed by atoms with Gasteiger partial charge in [-0.15, -0.1) is 0 Å². The van der Waals surface area contributed by atoms with Gasteiger partial charge in [0.15, 0.2) is 0 Å². The van der Waals surface area contributed by atoms with Gasteiger partial charge in [-0.3, -0.25) is 4.79 Å². The number of benzene rings is 1. The SMILES string of the molecule is CC(=O)NCCC1C(c2c(C)n(C)c3ccccc23)C1(C)C. The molecule has 0 aliphatic heterocycles. The van der Waals surface area contributed by atoms with E-state index in [0.29, 0.717) is 17.3 Å². The number of fused-ring (bicyclic) bond motifs is 1. The first-order valence-corrected chi connectivity index (χ1v) is 8.14. The minimum Gasteiger partial charge on any atom is -0.356 e. The van der Waals surface area contributed by atoms with Crippen LogP contribution in [0, 0.1) is 18.3 Å². The largest absolute Gasteiger partial charge is 0.356 e. The van der Waals surface area contributed by atoms with Gasteiger partial charge in [0.2, 0.25) is 5.91 Å². The molecule has 1 fully saturated rings. The van der Waals surface area contributed by atoms with E-state index >= 15 is 0 Å². The Labute approximate surface area is 132 Å². The van der Waals surface area contributed by atoms with Crippen molar-refractivity contribution in [2.24, 2.45) is 18.4 Å². The summed E-state index contributed by atoms with van der Waals surface area (Å²) in [5.41, 5.74) is 4.52. The number of hydrogen-bond acceptors (Lipinski definition) is 1. The quantitative estimate of drug-likeness (QED) is 0.916. The van der Waals surface area contributed by atoms with E-state index in [9.17, 15) is 4.79 Å². The van der Waals surface area contributed by atoms with Crippen molar-refractivity contribution >= 4 is 16.8 Å². The fourth-order valence-corrected chi connectivity index (χ4v) is 4.20. The Kier molecular flexibility index (Phi) is 3.54. The van der Waals surface area contributed by atoms with Crippen LogP contribution in [-0.4, -0.2) is 17.0 Å². The summed E-state index contributed by atoms with van der Waals surface area (Å²) in [7, 11) is 2.16. The molecule has 0 spiro atoms. The lowest BCUT2D eigenvalue weighted by atomic mass is 10.0. The fraction of sp³-hybridized carbons (Fsp3) is 0.526. The highest BCUT2D eigenvalue weighted by molar-refractivity contribution is 5.86. The molecule has 118 valence electrons. The van der Waals surface area contributed by atoms with Gasteiger partial charge in [-0.25, -0.2) is 0 Å². The van der Waals surface area contributed by atoms with E-state index in [2.05, 4.69) is 62.0 Å². The van der Waals surface area contributed by atoms with Crippen LogP contribution in [0.15, 0.2) is 24.3 Å². The predicted octanol–water partition coefficient (Wildman–Crippen LogP) is 3.75. The Bertz CT molecular complexity index is 726. The van der Waals surface area contributed by atoms with Crippen molar-refractivity contribution in [3.05, 3.63) is 35.5 Å². The van der Waals surface area contributed by atoms with E-state index in [1.807, 2.05) is 0 Å². The summed E-state index contributed by atoms with van der Waals surface area (Å²) in [6, 6.07) is 8.69. The highest BCUT2D eigenvalue weighted by atomic mass is 16.1. The van der Waals surface area contributed by atoms with Gasteiger partial charge in [0, 0.05) is 37.1 Å². The number of nitrogens with one attached hydrogen (secondary N) is 1. The Morgan fingerprint density at radius 2 is 2.00 bits per heavy atom. The van der Waals surface area contributed by atoms with Crippen molar-refractivity contribution in [2.45, 2.75) is 40.0 Å². The summed E-state index contributed by atoms with van der Waals surface area (Å²) in [5, 5.41) is 4.33. The Hall–Kier alpha value is -1.77. The van der Waals surface area contributed by atoms with Gasteiger partial charge >= 0.3 is 0 Å². The first-order chi connectivity index (χ1) is 10.4. The maximum Gasteiger partial charge on any atom is 0.216 e. The molecule has 2 unspecified atom stereocenters. The first-order valence-electron chi connectivity index (χ1n) is 8.14. The average Bonchev–Trinajstić information content (AvgIpc) is 2.89. The molecule has 0 saturated heterocycles. The van der Waals surface area contributed by atoms with E-state index in [1.54, 1.807) is 6.92 Å². The van der Waals surface area contributed by atoms with Crippen LogP contribution >= 0.6 is 0 Å². The van der Waals surface area contributed by atoms with Crippen LogP contribution < -0.4 is 5.32 Å². The molecule has 1 aromatic heterocycles. The lowest BCUT2D eigenvalue weighted by Gasteiger charge is -2.04. The van der Waals surface area contributed by atoms with Gasteiger partial charge in [0.1, 0.15) is 0 Å². The van der Waals surface area contributed by atoms with Gasteiger partial charge in [0.05, 0.1) is 0 Å². The third-order valence-corrected chi connectivity index (χ3v) is 5.64. The summed E-state index contributed by atoms with van der Waals surface area (Å²) in [6.07, 6.45) is 1.06.